The zero-order valence-corrected chi connectivity index (χ0v) is 23.5. The number of nitrogens with zero attached hydrogens (tertiary/aromatic N) is 3. The summed E-state index contributed by atoms with van der Waals surface area (Å²) in [4.78, 5) is 38.5. The van der Waals surface area contributed by atoms with Gasteiger partial charge in [0.1, 0.15) is 12.6 Å². The number of nitro groups is 1. The molecule has 13 heteroatoms. The van der Waals surface area contributed by atoms with E-state index in [4.69, 9.17) is 23.2 Å². The monoisotopic (exact) mass is 572 g/mol. The second-order valence-electron chi connectivity index (χ2n) is 8.71. The van der Waals surface area contributed by atoms with Gasteiger partial charge >= 0.3 is 0 Å². The Morgan fingerprint density at radius 1 is 1.14 bits per heavy atom. The number of aryl methyl sites for hydroxylation is 1. The van der Waals surface area contributed by atoms with Crippen LogP contribution in [0.3, 0.4) is 0 Å². The molecule has 0 aliphatic carbocycles. The smallest absolute Gasteiger partial charge is 0.271 e. The molecule has 0 saturated carbocycles. The van der Waals surface area contributed by atoms with Gasteiger partial charge in [-0.05, 0) is 44.9 Å². The molecule has 37 heavy (non-hydrogen) atoms. The minimum absolute atomic E-state index is 0.0162. The maximum Gasteiger partial charge on any atom is 0.271 e. The number of nitro benzene ring substituents is 1. The first-order valence-electron chi connectivity index (χ1n) is 11.4. The molecule has 0 aliphatic rings. The fourth-order valence-corrected chi connectivity index (χ4v) is 4.89. The quantitative estimate of drug-likeness (QED) is 0.315. The van der Waals surface area contributed by atoms with E-state index in [0.717, 1.165) is 16.6 Å². The van der Waals surface area contributed by atoms with Crippen molar-refractivity contribution in [1.82, 2.24) is 10.2 Å². The fraction of sp³-hybridized carbons (Fsp3) is 0.417. The second kappa shape index (κ2) is 12.6. The zero-order chi connectivity index (χ0) is 28.1. The van der Waals surface area contributed by atoms with Gasteiger partial charge in [0.05, 0.1) is 16.9 Å². The average molecular weight is 573 g/mol. The van der Waals surface area contributed by atoms with Crippen molar-refractivity contribution in [2.45, 2.75) is 52.7 Å². The molecule has 0 radical (unpaired) electrons. The van der Waals surface area contributed by atoms with E-state index in [9.17, 15) is 28.1 Å². The molecule has 0 aliphatic heterocycles. The number of rotatable bonds is 11. The second-order valence-corrected chi connectivity index (χ2v) is 11.4. The highest BCUT2D eigenvalue weighted by molar-refractivity contribution is 7.92. The molecule has 0 heterocycles. The van der Waals surface area contributed by atoms with Crippen molar-refractivity contribution in [3.8, 4) is 0 Å². The number of halogens is 2. The van der Waals surface area contributed by atoms with Gasteiger partial charge < -0.3 is 10.2 Å². The largest absolute Gasteiger partial charge is 0.352 e. The lowest BCUT2D eigenvalue weighted by atomic mass is 10.1. The van der Waals surface area contributed by atoms with Gasteiger partial charge in [-0.25, -0.2) is 8.42 Å². The van der Waals surface area contributed by atoms with Gasteiger partial charge in [-0.1, -0.05) is 42.3 Å². The Labute approximate surface area is 226 Å². The van der Waals surface area contributed by atoms with Gasteiger partial charge in [0, 0.05) is 40.3 Å². The summed E-state index contributed by atoms with van der Waals surface area (Å²) in [7, 11) is -4.06. The SMILES string of the molecule is CC[C@@H](C)NC(=O)[C@@H](C)N(Cc1c(Cl)cccc1Cl)C(=O)CN(c1cc([N+](=O)[O-])ccc1C)S(C)(=O)=O. The summed E-state index contributed by atoms with van der Waals surface area (Å²) in [6.45, 7) is 5.93. The topological polar surface area (TPSA) is 130 Å². The lowest BCUT2D eigenvalue weighted by molar-refractivity contribution is -0.384. The lowest BCUT2D eigenvalue weighted by Crippen LogP contribution is -2.52. The Bertz CT molecular complexity index is 1270. The number of amides is 2. The molecule has 0 saturated heterocycles. The molecular formula is C24H30Cl2N4O6S. The number of carbonyl (C=O) groups is 2. The van der Waals surface area contributed by atoms with Crippen molar-refractivity contribution in [1.29, 1.82) is 0 Å². The van der Waals surface area contributed by atoms with Crippen LogP contribution in [-0.4, -0.2) is 54.9 Å². The van der Waals surface area contributed by atoms with Crippen molar-refractivity contribution in [3.05, 3.63) is 67.7 Å². The van der Waals surface area contributed by atoms with E-state index in [1.165, 1.54) is 24.0 Å². The summed E-state index contributed by atoms with van der Waals surface area (Å²) >= 11 is 12.6. The molecule has 0 aromatic heterocycles. The van der Waals surface area contributed by atoms with Gasteiger partial charge in [-0.15, -0.1) is 0 Å². The third-order valence-electron chi connectivity index (χ3n) is 5.91. The van der Waals surface area contributed by atoms with Gasteiger partial charge in [-0.3, -0.25) is 24.0 Å². The number of anilines is 1. The molecule has 10 nitrogen and oxygen atoms in total. The fourth-order valence-electron chi connectivity index (χ4n) is 3.48. The van der Waals surface area contributed by atoms with E-state index in [-0.39, 0.29) is 34.0 Å². The summed E-state index contributed by atoms with van der Waals surface area (Å²) in [5, 5.41) is 14.7. The summed E-state index contributed by atoms with van der Waals surface area (Å²) in [5.41, 5.74) is 0.451. The molecule has 2 aromatic carbocycles. The zero-order valence-electron chi connectivity index (χ0n) is 21.2. The summed E-state index contributed by atoms with van der Waals surface area (Å²) in [6.07, 6.45) is 1.56. The maximum absolute atomic E-state index is 13.7. The third-order valence-corrected chi connectivity index (χ3v) is 7.74. The van der Waals surface area contributed by atoms with E-state index in [1.54, 1.807) is 25.1 Å². The Kier molecular flexibility index (Phi) is 10.3. The normalized spacial score (nSPS) is 12.9. The first kappa shape index (κ1) is 30.3. The van der Waals surface area contributed by atoms with Gasteiger partial charge in [0.15, 0.2) is 0 Å². The number of carbonyl (C=O) groups excluding carboxylic acids is 2. The van der Waals surface area contributed by atoms with E-state index < -0.39 is 39.3 Å². The first-order chi connectivity index (χ1) is 17.2. The van der Waals surface area contributed by atoms with Crippen molar-refractivity contribution in [2.24, 2.45) is 0 Å². The highest BCUT2D eigenvalue weighted by Crippen LogP contribution is 2.29. The minimum atomic E-state index is -4.06. The van der Waals surface area contributed by atoms with Gasteiger partial charge in [-0.2, -0.15) is 0 Å². The summed E-state index contributed by atoms with van der Waals surface area (Å²) in [5.74, 6) is -1.16. The standard InChI is InChI=1S/C24H30Cl2N4O6S/c1-6-16(3)27-24(32)17(4)28(13-19-20(25)8-7-9-21(19)26)23(31)14-29(37(5,35)36)22-12-18(30(33)34)11-10-15(22)2/h7-12,16-17H,6,13-14H2,1-5H3,(H,27,32)/t16-,17-/m1/s1. The average Bonchev–Trinajstić information content (AvgIpc) is 2.81. The van der Waals surface area contributed by atoms with Crippen LogP contribution in [0.15, 0.2) is 36.4 Å². The predicted octanol–water partition coefficient (Wildman–Crippen LogP) is 4.31. The summed E-state index contributed by atoms with van der Waals surface area (Å²) < 4.78 is 26.3. The Morgan fingerprint density at radius 3 is 2.24 bits per heavy atom. The van der Waals surface area contributed by atoms with Crippen LogP contribution in [0, 0.1) is 17.0 Å². The van der Waals surface area contributed by atoms with Gasteiger partial charge in [0.2, 0.25) is 21.8 Å². The highest BCUT2D eigenvalue weighted by Gasteiger charge is 2.32. The molecule has 0 unspecified atom stereocenters. The van der Waals surface area contributed by atoms with Crippen LogP contribution in [-0.2, 0) is 26.2 Å². The lowest BCUT2D eigenvalue weighted by Gasteiger charge is -2.32. The van der Waals surface area contributed by atoms with Crippen LogP contribution < -0.4 is 9.62 Å². The van der Waals surface area contributed by atoms with E-state index in [1.807, 2.05) is 13.8 Å². The molecule has 2 amide bonds. The highest BCUT2D eigenvalue weighted by atomic mass is 35.5. The predicted molar refractivity (Wildman–Crippen MR) is 144 cm³/mol. The van der Waals surface area contributed by atoms with Crippen molar-refractivity contribution < 1.29 is 22.9 Å². The minimum Gasteiger partial charge on any atom is -0.352 e. The molecular weight excluding hydrogens is 543 g/mol. The van der Waals surface area contributed by atoms with Crippen LogP contribution in [0.1, 0.15) is 38.3 Å². The van der Waals surface area contributed by atoms with E-state index in [2.05, 4.69) is 5.32 Å². The van der Waals surface area contributed by atoms with Crippen LogP contribution in [0.4, 0.5) is 11.4 Å². The van der Waals surface area contributed by atoms with Crippen molar-refractivity contribution in [3.63, 3.8) is 0 Å². The van der Waals surface area contributed by atoms with Crippen LogP contribution in [0.5, 0.6) is 0 Å². The molecule has 0 spiro atoms. The maximum atomic E-state index is 13.7. The number of nitrogens with one attached hydrogen (secondary N) is 1. The Balaban J connectivity index is 2.54. The van der Waals surface area contributed by atoms with E-state index in [0.29, 0.717) is 17.5 Å². The molecule has 2 atom stereocenters. The van der Waals surface area contributed by atoms with Crippen LogP contribution in [0.25, 0.3) is 0 Å². The van der Waals surface area contributed by atoms with E-state index >= 15 is 0 Å². The number of hydrogen-bond donors (Lipinski definition) is 1. The van der Waals surface area contributed by atoms with Crippen molar-refractivity contribution in [2.75, 3.05) is 17.1 Å². The Morgan fingerprint density at radius 2 is 1.73 bits per heavy atom. The van der Waals surface area contributed by atoms with Gasteiger partial charge in [0.25, 0.3) is 5.69 Å². The van der Waals surface area contributed by atoms with Crippen LogP contribution >= 0.6 is 23.2 Å². The van der Waals surface area contributed by atoms with Crippen molar-refractivity contribution >= 4 is 56.4 Å². The number of non-ortho nitro benzene ring substituents is 1. The molecule has 0 fully saturated rings. The molecule has 2 aromatic rings. The third kappa shape index (κ3) is 7.80. The number of hydrogen-bond acceptors (Lipinski definition) is 6. The number of benzene rings is 2. The Hall–Kier alpha value is -2.89. The molecule has 1 N–H and O–H groups in total. The van der Waals surface area contributed by atoms with Crippen LogP contribution in [0.2, 0.25) is 10.0 Å². The summed E-state index contributed by atoms with van der Waals surface area (Å²) in [6, 6.07) is 7.38. The molecule has 202 valence electrons. The molecule has 2 rings (SSSR count). The number of sulfonamides is 1. The first-order valence-corrected chi connectivity index (χ1v) is 14.0. The molecule has 0 bridgehead atoms.